The molecule has 6 nitrogen and oxygen atoms in total. The number of rotatable bonds is 3. The van der Waals surface area contributed by atoms with Gasteiger partial charge in [-0.25, -0.2) is 9.48 Å². The minimum Gasteiger partial charge on any atom is -1.00 e. The molecule has 14 heavy (non-hydrogen) atoms. The fourth-order valence-corrected chi connectivity index (χ4v) is 1.08. The van der Waals surface area contributed by atoms with Gasteiger partial charge in [-0.2, -0.15) is 5.21 Å². The van der Waals surface area contributed by atoms with Crippen molar-refractivity contribution < 1.29 is 71.9 Å². The van der Waals surface area contributed by atoms with Crippen LogP contribution in [0.1, 0.15) is 22.2 Å². The second-order valence-electron chi connectivity index (χ2n) is 2.21. The third-order valence-electron chi connectivity index (χ3n) is 1.48. The normalized spacial score (nSPS) is 10.9. The van der Waals surface area contributed by atoms with E-state index < -0.39 is 12.0 Å². The van der Waals surface area contributed by atoms with Crippen LogP contribution in [0.3, 0.4) is 0 Å². The van der Waals surface area contributed by atoms with E-state index in [9.17, 15) is 4.79 Å². The first kappa shape index (κ1) is 17.2. The molecule has 2 N–H and O–H groups in total. The van der Waals surface area contributed by atoms with Crippen LogP contribution >= 0.6 is 12.2 Å². The van der Waals surface area contributed by atoms with Crippen molar-refractivity contribution in [3.8, 4) is 0 Å². The zero-order valence-corrected chi connectivity index (χ0v) is 13.2. The number of hydrogen-bond donors (Lipinski definition) is 2. The van der Waals surface area contributed by atoms with E-state index in [-0.39, 0.29) is 66.7 Å². The predicted octanol–water partition coefficient (Wildman–Crippen LogP) is -5.40. The Morgan fingerprint density at radius 3 is 2.64 bits per heavy atom. The number of carboxylic acids is 1. The fourth-order valence-electron chi connectivity index (χ4n) is 0.875. The van der Waals surface area contributed by atoms with Crippen molar-refractivity contribution in [2.45, 2.75) is 19.4 Å². The van der Waals surface area contributed by atoms with Crippen LogP contribution in [-0.4, -0.2) is 31.3 Å². The Labute approximate surface area is 133 Å². The number of tetrazole rings is 1. The first-order chi connectivity index (χ1) is 5.66. The van der Waals surface area contributed by atoms with Gasteiger partial charge < -0.3 is 7.96 Å². The molecule has 0 saturated heterocycles. The molecule has 1 aromatic rings. The van der Waals surface area contributed by atoms with Gasteiger partial charge in [-0.05, 0) is 18.6 Å². The molecule has 1 heterocycles. The van der Waals surface area contributed by atoms with Gasteiger partial charge in [0.25, 0.3) is 0 Å². The molecule has 0 aromatic carbocycles. The summed E-state index contributed by atoms with van der Waals surface area (Å²) in [6.07, 6.45) is 0.438. The maximum absolute atomic E-state index is 10.6. The van der Waals surface area contributed by atoms with Gasteiger partial charge in [0.15, 0.2) is 6.04 Å². The van der Waals surface area contributed by atoms with E-state index in [4.69, 9.17) is 17.3 Å². The molecular formula is C5H10N4Na2O2S. The third kappa shape index (κ3) is 4.09. The van der Waals surface area contributed by atoms with Gasteiger partial charge in [-0.1, -0.05) is 17.2 Å². The Balaban J connectivity index is -0.000000180. The van der Waals surface area contributed by atoms with E-state index in [0.717, 1.165) is 0 Å². The molecule has 0 amide bonds. The second kappa shape index (κ2) is 7.98. The summed E-state index contributed by atoms with van der Waals surface area (Å²) in [5.74, 6) is -0.945. The molecule has 0 saturated carbocycles. The quantitative estimate of drug-likeness (QED) is 0.404. The molecule has 0 aliphatic carbocycles. The number of carboxylic acid groups (broad SMARTS) is 1. The number of carbonyl (C=O) groups is 1. The molecule has 1 aromatic heterocycles. The van der Waals surface area contributed by atoms with E-state index in [1.807, 2.05) is 0 Å². The Hall–Kier alpha value is 0.760. The molecule has 1 unspecified atom stereocenters. The van der Waals surface area contributed by atoms with Crippen molar-refractivity contribution >= 4 is 18.2 Å². The number of nitrogens with one attached hydrogen (secondary N) is 1. The summed E-state index contributed by atoms with van der Waals surface area (Å²) < 4.78 is 1.40. The SMILES string of the molecule is CCC(C(=O)O)n1[nH]nnc1=S.[H-].[H-].[Na+].[Na+]. The predicted molar refractivity (Wildman–Crippen MR) is 44.4 cm³/mol. The molecule has 0 bridgehead atoms. The zero-order valence-electron chi connectivity index (χ0n) is 10.4. The van der Waals surface area contributed by atoms with Crippen molar-refractivity contribution in [2.75, 3.05) is 0 Å². The van der Waals surface area contributed by atoms with Crippen molar-refractivity contribution in [1.29, 1.82) is 0 Å². The largest absolute Gasteiger partial charge is 1.00 e. The molecule has 0 fully saturated rings. The van der Waals surface area contributed by atoms with Gasteiger partial charge in [-0.3, -0.25) is 0 Å². The van der Waals surface area contributed by atoms with E-state index >= 15 is 0 Å². The molecule has 0 aliphatic heterocycles. The van der Waals surface area contributed by atoms with Gasteiger partial charge in [0.2, 0.25) is 4.77 Å². The number of H-pyrrole nitrogens is 1. The molecule has 0 aliphatic rings. The van der Waals surface area contributed by atoms with Crippen molar-refractivity contribution in [1.82, 2.24) is 20.2 Å². The monoisotopic (exact) mass is 236 g/mol. The maximum Gasteiger partial charge on any atom is 1.00 e. The molecule has 70 valence electrons. The van der Waals surface area contributed by atoms with Crippen LogP contribution < -0.4 is 59.1 Å². The standard InChI is InChI=1S/C5H8N4O2S.2Na.2H/c1-2-3(4(10)11)9-5(12)6-7-8-9;;;;/h3H,2H2,1H3,(H,10,11)(H,6,8,12);;;;/q;2*+1;2*-1. The minimum absolute atomic E-state index is 0. The number of aromatic nitrogens is 4. The van der Waals surface area contributed by atoms with Gasteiger partial charge >= 0.3 is 65.1 Å². The van der Waals surface area contributed by atoms with Crippen molar-refractivity contribution in [3.05, 3.63) is 4.77 Å². The molecule has 9 heteroatoms. The van der Waals surface area contributed by atoms with E-state index in [2.05, 4.69) is 15.5 Å². The van der Waals surface area contributed by atoms with Crippen molar-refractivity contribution in [2.24, 2.45) is 0 Å². The van der Waals surface area contributed by atoms with Crippen LogP contribution in [0, 0.1) is 4.77 Å². The topological polar surface area (TPSA) is 83.8 Å². The van der Waals surface area contributed by atoms with Crippen LogP contribution in [0.25, 0.3) is 0 Å². The number of nitrogens with zero attached hydrogens (tertiary/aromatic N) is 3. The number of hydrogen-bond acceptors (Lipinski definition) is 4. The van der Waals surface area contributed by atoms with E-state index in [0.29, 0.717) is 6.42 Å². The summed E-state index contributed by atoms with van der Waals surface area (Å²) in [5, 5.41) is 18.0. The van der Waals surface area contributed by atoms with Crippen molar-refractivity contribution in [3.63, 3.8) is 0 Å². The molecule has 0 radical (unpaired) electrons. The van der Waals surface area contributed by atoms with Gasteiger partial charge in [0.05, 0.1) is 0 Å². The van der Waals surface area contributed by atoms with Crippen LogP contribution in [0.15, 0.2) is 0 Å². The third-order valence-corrected chi connectivity index (χ3v) is 1.76. The number of aliphatic carboxylic acids is 1. The molecular weight excluding hydrogens is 226 g/mol. The first-order valence-corrected chi connectivity index (χ1v) is 3.80. The molecule has 1 atom stereocenters. The summed E-state index contributed by atoms with van der Waals surface area (Å²) in [7, 11) is 0. The summed E-state index contributed by atoms with van der Waals surface area (Å²) in [5.41, 5.74) is 0. The Kier molecular flexibility index (Phi) is 9.78. The van der Waals surface area contributed by atoms with Crippen LogP contribution in [-0.2, 0) is 4.79 Å². The molecule has 1 rings (SSSR count). The summed E-state index contributed by atoms with van der Waals surface area (Å²) in [6, 6.07) is -0.701. The average Bonchev–Trinajstić information content (AvgIpc) is 2.38. The Bertz CT molecular complexity index is 347. The zero-order chi connectivity index (χ0) is 9.14. The summed E-state index contributed by atoms with van der Waals surface area (Å²) >= 11 is 4.74. The Morgan fingerprint density at radius 1 is 1.79 bits per heavy atom. The van der Waals surface area contributed by atoms with Gasteiger partial charge in [-0.15, -0.1) is 0 Å². The smallest absolute Gasteiger partial charge is 1.00 e. The van der Waals surface area contributed by atoms with Gasteiger partial charge in [0, 0.05) is 0 Å². The van der Waals surface area contributed by atoms with E-state index in [1.165, 1.54) is 4.68 Å². The Morgan fingerprint density at radius 2 is 2.36 bits per heavy atom. The number of aromatic amines is 1. The van der Waals surface area contributed by atoms with E-state index in [1.54, 1.807) is 6.92 Å². The first-order valence-electron chi connectivity index (χ1n) is 3.39. The summed E-state index contributed by atoms with van der Waals surface area (Å²) in [6.45, 7) is 1.75. The fraction of sp³-hybridized carbons (Fsp3) is 0.600. The maximum atomic E-state index is 10.6. The van der Waals surface area contributed by atoms with Crippen LogP contribution in [0.2, 0.25) is 0 Å². The molecule has 0 spiro atoms. The van der Waals surface area contributed by atoms with Gasteiger partial charge in [0.1, 0.15) is 0 Å². The van der Waals surface area contributed by atoms with Crippen LogP contribution in [0.4, 0.5) is 0 Å². The minimum atomic E-state index is -0.945. The van der Waals surface area contributed by atoms with Crippen LogP contribution in [0.5, 0.6) is 0 Å². The second-order valence-corrected chi connectivity index (χ2v) is 2.58. The average molecular weight is 236 g/mol. The summed E-state index contributed by atoms with van der Waals surface area (Å²) in [4.78, 5) is 10.6.